The summed E-state index contributed by atoms with van der Waals surface area (Å²) in [7, 11) is 1.10. The molecule has 0 heterocycles. The summed E-state index contributed by atoms with van der Waals surface area (Å²) in [5.74, 6) is -0.0889. The van der Waals surface area contributed by atoms with E-state index in [0.717, 1.165) is 25.4 Å². The average molecular weight is 266 g/mol. The van der Waals surface area contributed by atoms with Crippen LogP contribution in [0.2, 0.25) is 0 Å². The second-order valence-electron chi connectivity index (χ2n) is 2.07. The molecule has 0 amide bonds. The van der Waals surface area contributed by atoms with Gasteiger partial charge in [0, 0.05) is 10.2 Å². The van der Waals surface area contributed by atoms with Gasteiger partial charge in [0.2, 0.25) is 0 Å². The van der Waals surface area contributed by atoms with Gasteiger partial charge in [0.25, 0.3) is 0 Å². The molecule has 1 aromatic carbocycles. The van der Waals surface area contributed by atoms with Crippen molar-refractivity contribution in [3.8, 4) is 0 Å². The summed E-state index contributed by atoms with van der Waals surface area (Å²) in [5, 5.41) is 0. The van der Waals surface area contributed by atoms with Gasteiger partial charge in [-0.05, 0) is 40.3 Å². The largest absolute Gasteiger partial charge is 0.206 e. The minimum atomic E-state index is -0.0889. The second kappa shape index (κ2) is 3.48. The summed E-state index contributed by atoms with van der Waals surface area (Å²) >= 11 is 2.05. The van der Waals surface area contributed by atoms with Crippen LogP contribution in [0, 0.1) is 9.39 Å². The van der Waals surface area contributed by atoms with Crippen molar-refractivity contribution in [3.63, 3.8) is 0 Å². The molecule has 0 aliphatic heterocycles. The topological polar surface area (TPSA) is 0 Å². The van der Waals surface area contributed by atoms with Crippen LogP contribution in [0.5, 0.6) is 0 Å². The Hall–Kier alpha value is 0.0969. The summed E-state index contributed by atoms with van der Waals surface area (Å²) in [6.07, 6.45) is 0. The van der Waals surface area contributed by atoms with Gasteiger partial charge in [-0.25, -0.2) is 4.39 Å². The fourth-order valence-electron chi connectivity index (χ4n) is 0.822. The van der Waals surface area contributed by atoms with E-state index in [-0.39, 0.29) is 5.82 Å². The molecule has 3 heteroatoms. The van der Waals surface area contributed by atoms with Crippen molar-refractivity contribution in [1.82, 2.24) is 0 Å². The highest BCUT2D eigenvalue weighted by Gasteiger charge is 2.00. The molecular formula is C7H8FISi. The number of halogens is 2. The van der Waals surface area contributed by atoms with Gasteiger partial charge in [0.15, 0.2) is 0 Å². The molecule has 0 aromatic heterocycles. The monoisotopic (exact) mass is 266 g/mol. The summed E-state index contributed by atoms with van der Waals surface area (Å²) < 4.78 is 13.6. The molecular weight excluding hydrogens is 258 g/mol. The van der Waals surface area contributed by atoms with Crippen LogP contribution in [0.25, 0.3) is 0 Å². The minimum Gasteiger partial charge on any atom is -0.206 e. The van der Waals surface area contributed by atoms with E-state index in [2.05, 4.69) is 22.6 Å². The van der Waals surface area contributed by atoms with Crippen LogP contribution in [0.3, 0.4) is 0 Å². The SMILES string of the molecule is Fc1cccc(C[SiH3])c1I. The zero-order valence-electron chi connectivity index (χ0n) is 5.70. The van der Waals surface area contributed by atoms with Gasteiger partial charge >= 0.3 is 0 Å². The Morgan fingerprint density at radius 3 is 2.70 bits per heavy atom. The van der Waals surface area contributed by atoms with Crippen molar-refractivity contribution >= 4 is 32.8 Å². The molecule has 0 spiro atoms. The first-order chi connectivity index (χ1) is 4.75. The first-order valence-corrected chi connectivity index (χ1v) is 5.68. The molecule has 0 fully saturated rings. The highest BCUT2D eigenvalue weighted by atomic mass is 127. The van der Waals surface area contributed by atoms with Gasteiger partial charge in [0.05, 0.1) is 3.57 Å². The number of hydrogen-bond acceptors (Lipinski definition) is 0. The van der Waals surface area contributed by atoms with Gasteiger partial charge in [0.1, 0.15) is 5.82 Å². The number of benzene rings is 1. The first-order valence-electron chi connectivity index (χ1n) is 3.18. The normalized spacial score (nSPS) is 10.2. The van der Waals surface area contributed by atoms with Crippen LogP contribution in [-0.2, 0) is 6.04 Å². The fourth-order valence-corrected chi connectivity index (χ4v) is 2.87. The zero-order chi connectivity index (χ0) is 7.56. The minimum absolute atomic E-state index is 0.0889. The number of hydrogen-bond donors (Lipinski definition) is 0. The molecule has 54 valence electrons. The van der Waals surface area contributed by atoms with Gasteiger partial charge in [-0.2, -0.15) is 0 Å². The Bertz CT molecular complexity index is 237. The molecule has 0 saturated heterocycles. The third-order valence-corrected chi connectivity index (χ3v) is 3.38. The lowest BCUT2D eigenvalue weighted by Gasteiger charge is -1.99. The Kier molecular flexibility index (Phi) is 2.85. The van der Waals surface area contributed by atoms with E-state index in [0.29, 0.717) is 0 Å². The molecule has 0 aliphatic carbocycles. The first kappa shape index (κ1) is 8.20. The molecule has 0 atom stereocenters. The predicted molar refractivity (Wildman–Crippen MR) is 52.8 cm³/mol. The lowest BCUT2D eigenvalue weighted by molar-refractivity contribution is 0.618. The summed E-state index contributed by atoms with van der Waals surface area (Å²) in [4.78, 5) is 0. The lowest BCUT2D eigenvalue weighted by atomic mass is 10.2. The van der Waals surface area contributed by atoms with E-state index >= 15 is 0 Å². The maximum atomic E-state index is 12.8. The second-order valence-corrected chi connectivity index (χ2v) is 3.85. The van der Waals surface area contributed by atoms with Crippen LogP contribution in [-0.4, -0.2) is 10.2 Å². The van der Waals surface area contributed by atoms with E-state index in [4.69, 9.17) is 0 Å². The molecule has 0 aliphatic rings. The fraction of sp³-hybridized carbons (Fsp3) is 0.143. The van der Waals surface area contributed by atoms with Crippen molar-refractivity contribution in [2.24, 2.45) is 0 Å². The van der Waals surface area contributed by atoms with Crippen molar-refractivity contribution in [2.75, 3.05) is 0 Å². The third kappa shape index (κ3) is 1.57. The van der Waals surface area contributed by atoms with Crippen molar-refractivity contribution in [1.29, 1.82) is 0 Å². The van der Waals surface area contributed by atoms with E-state index in [1.54, 1.807) is 6.07 Å². The molecule has 0 N–H and O–H groups in total. The van der Waals surface area contributed by atoms with E-state index in [9.17, 15) is 4.39 Å². The Morgan fingerprint density at radius 1 is 1.50 bits per heavy atom. The third-order valence-electron chi connectivity index (χ3n) is 1.41. The summed E-state index contributed by atoms with van der Waals surface area (Å²) in [6.45, 7) is 0. The van der Waals surface area contributed by atoms with Crippen LogP contribution in [0.4, 0.5) is 4.39 Å². The molecule has 0 saturated carbocycles. The van der Waals surface area contributed by atoms with Crippen LogP contribution in [0.1, 0.15) is 5.56 Å². The van der Waals surface area contributed by atoms with E-state index in [1.165, 1.54) is 6.07 Å². The quantitative estimate of drug-likeness (QED) is 0.531. The predicted octanol–water partition coefficient (Wildman–Crippen LogP) is 1.30. The summed E-state index contributed by atoms with van der Waals surface area (Å²) in [5.41, 5.74) is 1.15. The van der Waals surface area contributed by atoms with E-state index in [1.807, 2.05) is 6.07 Å². The van der Waals surface area contributed by atoms with Gasteiger partial charge in [-0.15, -0.1) is 0 Å². The standard InChI is InChI=1S/C7H8FISi/c8-6-3-1-2-5(4-10)7(6)9/h1-3H,4H2,10H3. The van der Waals surface area contributed by atoms with Gasteiger partial charge in [-0.1, -0.05) is 12.1 Å². The Balaban J connectivity index is 3.14. The van der Waals surface area contributed by atoms with Gasteiger partial charge in [-0.3, -0.25) is 0 Å². The van der Waals surface area contributed by atoms with Crippen molar-refractivity contribution in [3.05, 3.63) is 33.1 Å². The maximum absolute atomic E-state index is 12.8. The average Bonchev–Trinajstić information content (AvgIpc) is 1.95. The molecule has 0 bridgehead atoms. The molecule has 1 aromatic rings. The lowest BCUT2D eigenvalue weighted by Crippen LogP contribution is -1.91. The van der Waals surface area contributed by atoms with Gasteiger partial charge < -0.3 is 0 Å². The molecule has 10 heavy (non-hydrogen) atoms. The molecule has 0 nitrogen and oxygen atoms in total. The van der Waals surface area contributed by atoms with Crippen LogP contribution >= 0.6 is 22.6 Å². The molecule has 1 rings (SSSR count). The highest BCUT2D eigenvalue weighted by Crippen LogP contribution is 2.15. The van der Waals surface area contributed by atoms with Crippen LogP contribution < -0.4 is 0 Å². The zero-order valence-corrected chi connectivity index (χ0v) is 9.85. The van der Waals surface area contributed by atoms with Crippen molar-refractivity contribution in [2.45, 2.75) is 6.04 Å². The highest BCUT2D eigenvalue weighted by molar-refractivity contribution is 14.1. The summed E-state index contributed by atoms with van der Waals surface area (Å²) in [6, 6.07) is 6.29. The molecule has 0 radical (unpaired) electrons. The maximum Gasteiger partial charge on any atom is 0.136 e. The number of rotatable bonds is 1. The van der Waals surface area contributed by atoms with Crippen LogP contribution in [0.15, 0.2) is 18.2 Å². The Labute approximate surface area is 76.4 Å². The smallest absolute Gasteiger partial charge is 0.136 e. The molecule has 0 unspecified atom stereocenters. The Morgan fingerprint density at radius 2 is 2.20 bits per heavy atom. The van der Waals surface area contributed by atoms with E-state index < -0.39 is 0 Å². The van der Waals surface area contributed by atoms with Crippen molar-refractivity contribution < 1.29 is 4.39 Å².